The molecular weight excluding hydrogens is 224 g/mol. The molecule has 0 fully saturated rings. The highest BCUT2D eigenvalue weighted by molar-refractivity contribution is 5.89. The van der Waals surface area contributed by atoms with Gasteiger partial charge >= 0.3 is 11.9 Å². The van der Waals surface area contributed by atoms with Crippen LogP contribution in [0.5, 0.6) is 0 Å². The summed E-state index contributed by atoms with van der Waals surface area (Å²) in [5.74, 6) is -4.18. The van der Waals surface area contributed by atoms with Gasteiger partial charge in [-0.05, 0) is 0 Å². The van der Waals surface area contributed by atoms with Crippen molar-refractivity contribution < 1.29 is 39.6 Å². The second-order valence-electron chi connectivity index (χ2n) is 2.05. The maximum Gasteiger partial charge on any atom is 0.328 e. The van der Waals surface area contributed by atoms with E-state index >= 15 is 0 Å². The quantitative estimate of drug-likeness (QED) is 0.485. The smallest absolute Gasteiger partial charge is 0.328 e. The van der Waals surface area contributed by atoms with Crippen molar-refractivity contribution in [3.63, 3.8) is 0 Å². The fourth-order valence-corrected chi connectivity index (χ4v) is 0.143. The lowest BCUT2D eigenvalue weighted by molar-refractivity contribution is -0.135. The maximum absolute atomic E-state index is 9.55. The highest BCUT2D eigenvalue weighted by Gasteiger charge is 1.88. The van der Waals surface area contributed by atoms with Crippen molar-refractivity contribution >= 4 is 23.9 Å². The zero-order chi connectivity index (χ0) is 13.7. The lowest BCUT2D eigenvalue weighted by Gasteiger charge is -1.74. The second-order valence-corrected chi connectivity index (χ2v) is 2.05. The topological polar surface area (TPSA) is 149 Å². The predicted molar refractivity (Wildman–Crippen MR) is 51.0 cm³/mol. The summed E-state index contributed by atoms with van der Waals surface area (Å²) >= 11 is 0. The molecule has 0 saturated heterocycles. The fraction of sp³-hybridized carbons (Fsp3) is 0.250. The van der Waals surface area contributed by atoms with Gasteiger partial charge in [0.05, 0.1) is 0 Å². The first-order valence-electron chi connectivity index (χ1n) is 3.62. The summed E-state index contributed by atoms with van der Waals surface area (Å²) in [4.78, 5) is 37.1. The summed E-state index contributed by atoms with van der Waals surface area (Å²) in [6.45, 7) is 2.17. The average molecular weight is 236 g/mol. The first kappa shape index (κ1) is 19.2. The van der Waals surface area contributed by atoms with Gasteiger partial charge in [0.15, 0.2) is 0 Å². The zero-order valence-corrected chi connectivity index (χ0v) is 8.58. The van der Waals surface area contributed by atoms with Crippen molar-refractivity contribution in [3.05, 3.63) is 12.2 Å². The molecule has 0 saturated carbocycles. The van der Waals surface area contributed by atoms with Crippen LogP contribution in [0.3, 0.4) is 0 Å². The second kappa shape index (κ2) is 12.6. The summed E-state index contributed by atoms with van der Waals surface area (Å²) in [7, 11) is 0. The molecule has 0 aromatic heterocycles. The highest BCUT2D eigenvalue weighted by atomic mass is 16.4. The van der Waals surface area contributed by atoms with Gasteiger partial charge in [-0.1, -0.05) is 0 Å². The first-order valence-corrected chi connectivity index (χ1v) is 3.62. The molecule has 0 aromatic carbocycles. The van der Waals surface area contributed by atoms with Crippen LogP contribution in [-0.4, -0.2) is 44.3 Å². The summed E-state index contributed by atoms with van der Waals surface area (Å²) in [6.07, 6.45) is 1.12. The van der Waals surface area contributed by atoms with Crippen molar-refractivity contribution in [1.82, 2.24) is 0 Å². The average Bonchev–Trinajstić information content (AvgIpc) is 1.98. The van der Waals surface area contributed by atoms with E-state index in [1.54, 1.807) is 0 Å². The van der Waals surface area contributed by atoms with Gasteiger partial charge in [0.2, 0.25) is 0 Å². The van der Waals surface area contributed by atoms with Crippen LogP contribution in [0.25, 0.3) is 0 Å². The van der Waals surface area contributed by atoms with Gasteiger partial charge in [0.1, 0.15) is 0 Å². The number of hydrogen-bond acceptors (Lipinski definition) is 4. The molecule has 0 amide bonds. The molecule has 0 aromatic rings. The molecular formula is C8H12O8. The van der Waals surface area contributed by atoms with Gasteiger partial charge in [-0.2, -0.15) is 0 Å². The number of aliphatic carboxylic acids is 4. The van der Waals surface area contributed by atoms with E-state index in [1.807, 2.05) is 0 Å². The standard InChI is InChI=1S/C4H4O4.2C2H4O2/c5-3(6)1-2-4(7)8;2*1-2(3)4/h1-2H,(H,5,6)(H,7,8);2*1H3,(H,3,4)/b2-1-;;. The lowest BCUT2D eigenvalue weighted by atomic mass is 10.5. The molecule has 16 heavy (non-hydrogen) atoms. The van der Waals surface area contributed by atoms with E-state index in [1.165, 1.54) is 0 Å². The monoisotopic (exact) mass is 236 g/mol. The number of carboxylic acids is 4. The molecule has 0 radical (unpaired) electrons. The minimum absolute atomic E-state index is 0.558. The maximum atomic E-state index is 9.55. The van der Waals surface area contributed by atoms with Crippen LogP contribution in [0, 0.1) is 0 Å². The minimum atomic E-state index is -1.26. The third-order valence-electron chi connectivity index (χ3n) is 0.368. The van der Waals surface area contributed by atoms with E-state index in [-0.39, 0.29) is 0 Å². The van der Waals surface area contributed by atoms with E-state index in [0.717, 1.165) is 13.8 Å². The van der Waals surface area contributed by atoms with E-state index in [9.17, 15) is 9.59 Å². The summed E-state index contributed by atoms with van der Waals surface area (Å²) in [5, 5.41) is 30.5. The predicted octanol–water partition coefficient (Wildman–Crippen LogP) is -0.106. The summed E-state index contributed by atoms with van der Waals surface area (Å²) < 4.78 is 0. The van der Waals surface area contributed by atoms with Gasteiger partial charge in [0.25, 0.3) is 11.9 Å². The normalized spacial score (nSPS) is 7.88. The molecule has 0 spiro atoms. The molecule has 0 aliphatic heterocycles. The Morgan fingerprint density at radius 3 is 0.875 bits per heavy atom. The van der Waals surface area contributed by atoms with Crippen LogP contribution >= 0.6 is 0 Å². The van der Waals surface area contributed by atoms with Gasteiger partial charge in [-0.25, -0.2) is 9.59 Å². The van der Waals surface area contributed by atoms with Crippen molar-refractivity contribution in [1.29, 1.82) is 0 Å². The Labute approximate surface area is 90.4 Å². The molecule has 92 valence electrons. The van der Waals surface area contributed by atoms with Gasteiger partial charge in [-0.3, -0.25) is 9.59 Å². The Kier molecular flexibility index (Phi) is 15.2. The van der Waals surface area contributed by atoms with Crippen LogP contribution < -0.4 is 0 Å². The van der Waals surface area contributed by atoms with Crippen molar-refractivity contribution in [2.24, 2.45) is 0 Å². The number of rotatable bonds is 2. The van der Waals surface area contributed by atoms with E-state index in [2.05, 4.69) is 0 Å². The van der Waals surface area contributed by atoms with Gasteiger partial charge in [-0.15, -0.1) is 0 Å². The molecule has 0 heterocycles. The Morgan fingerprint density at radius 2 is 0.812 bits per heavy atom. The SMILES string of the molecule is CC(=O)O.CC(=O)O.O=C(O)/C=C\C(=O)O. The van der Waals surface area contributed by atoms with Gasteiger partial charge < -0.3 is 20.4 Å². The number of carboxylic acid groups (broad SMARTS) is 4. The molecule has 0 unspecified atom stereocenters. The minimum Gasteiger partial charge on any atom is -0.481 e. The van der Waals surface area contributed by atoms with Crippen molar-refractivity contribution in [3.8, 4) is 0 Å². The Bertz CT molecular complexity index is 242. The van der Waals surface area contributed by atoms with Crippen molar-refractivity contribution in [2.45, 2.75) is 13.8 Å². The van der Waals surface area contributed by atoms with Crippen LogP contribution in [0.15, 0.2) is 12.2 Å². The Morgan fingerprint density at radius 1 is 0.688 bits per heavy atom. The van der Waals surface area contributed by atoms with Crippen LogP contribution in [0.1, 0.15) is 13.8 Å². The zero-order valence-electron chi connectivity index (χ0n) is 8.58. The van der Waals surface area contributed by atoms with E-state index in [4.69, 9.17) is 30.0 Å². The highest BCUT2D eigenvalue weighted by Crippen LogP contribution is 1.70. The molecule has 8 heteroatoms. The molecule has 0 bridgehead atoms. The number of carbonyl (C=O) groups is 4. The molecule has 0 rings (SSSR count). The third kappa shape index (κ3) is 191. The molecule has 0 atom stereocenters. The molecule has 0 aliphatic rings. The van der Waals surface area contributed by atoms with Crippen LogP contribution in [-0.2, 0) is 19.2 Å². The Hall–Kier alpha value is -2.38. The lowest BCUT2D eigenvalue weighted by Crippen LogP contribution is -1.91. The third-order valence-corrected chi connectivity index (χ3v) is 0.368. The first-order chi connectivity index (χ1) is 7.09. The Balaban J connectivity index is -0.000000179. The molecule has 4 N–H and O–H groups in total. The van der Waals surface area contributed by atoms with Gasteiger partial charge in [0, 0.05) is 26.0 Å². The van der Waals surface area contributed by atoms with E-state index < -0.39 is 23.9 Å². The van der Waals surface area contributed by atoms with E-state index in [0.29, 0.717) is 12.2 Å². The van der Waals surface area contributed by atoms with Crippen LogP contribution in [0.4, 0.5) is 0 Å². The van der Waals surface area contributed by atoms with Crippen LogP contribution in [0.2, 0.25) is 0 Å². The fourth-order valence-electron chi connectivity index (χ4n) is 0.143. The largest absolute Gasteiger partial charge is 0.481 e. The summed E-state index contributed by atoms with van der Waals surface area (Å²) in [5.41, 5.74) is 0. The molecule has 0 aliphatic carbocycles. The molecule has 8 nitrogen and oxygen atoms in total. The van der Waals surface area contributed by atoms with Crippen molar-refractivity contribution in [2.75, 3.05) is 0 Å². The summed E-state index contributed by atoms with van der Waals surface area (Å²) in [6, 6.07) is 0. The number of hydrogen-bond donors (Lipinski definition) is 4.